The second kappa shape index (κ2) is 7.67. The summed E-state index contributed by atoms with van der Waals surface area (Å²) in [7, 11) is 0. The van der Waals surface area contributed by atoms with E-state index in [4.69, 9.17) is 32.4 Å². The largest absolute Gasteiger partial charge is 0.482 e. The maximum absolute atomic E-state index is 11.5. The SMILES string of the molecule is O=C(COc1ccc(Cl)cc1Cl)NN=Cc1ccc(I)o1. The normalized spacial score (nSPS) is 10.8. The maximum atomic E-state index is 11.5. The minimum Gasteiger partial charge on any atom is -0.482 e. The molecule has 0 fully saturated rings. The van der Waals surface area contributed by atoms with Gasteiger partial charge in [0.05, 0.1) is 11.2 Å². The lowest BCUT2D eigenvalue weighted by atomic mass is 10.3. The maximum Gasteiger partial charge on any atom is 0.277 e. The lowest BCUT2D eigenvalue weighted by molar-refractivity contribution is -0.123. The Labute approximate surface area is 144 Å². The monoisotopic (exact) mass is 438 g/mol. The van der Waals surface area contributed by atoms with Crippen LogP contribution in [0.4, 0.5) is 0 Å². The predicted molar refractivity (Wildman–Crippen MR) is 89.1 cm³/mol. The zero-order chi connectivity index (χ0) is 15.2. The fourth-order valence-corrected chi connectivity index (χ4v) is 2.23. The minimum absolute atomic E-state index is 0.214. The number of ether oxygens (including phenoxy) is 1. The first-order chi connectivity index (χ1) is 10.0. The van der Waals surface area contributed by atoms with Crippen LogP contribution in [-0.2, 0) is 4.79 Å². The number of halogens is 3. The van der Waals surface area contributed by atoms with Crippen molar-refractivity contribution >= 4 is 57.9 Å². The molecule has 110 valence electrons. The fourth-order valence-electron chi connectivity index (χ4n) is 1.33. The van der Waals surface area contributed by atoms with E-state index in [-0.39, 0.29) is 6.61 Å². The van der Waals surface area contributed by atoms with Crippen LogP contribution in [0.2, 0.25) is 10.0 Å². The molecule has 0 unspecified atom stereocenters. The van der Waals surface area contributed by atoms with Gasteiger partial charge in [-0.25, -0.2) is 5.43 Å². The number of furan rings is 1. The summed E-state index contributed by atoms with van der Waals surface area (Å²) in [5, 5.41) is 4.58. The Morgan fingerprint density at radius 2 is 2.19 bits per heavy atom. The van der Waals surface area contributed by atoms with E-state index in [1.54, 1.807) is 24.3 Å². The van der Waals surface area contributed by atoms with E-state index in [1.165, 1.54) is 12.3 Å². The van der Waals surface area contributed by atoms with E-state index in [9.17, 15) is 4.79 Å². The molecule has 0 aliphatic heterocycles. The van der Waals surface area contributed by atoms with Gasteiger partial charge in [-0.3, -0.25) is 4.79 Å². The van der Waals surface area contributed by atoms with E-state index in [0.29, 0.717) is 21.6 Å². The highest BCUT2D eigenvalue weighted by Gasteiger charge is 2.05. The number of hydrogen-bond acceptors (Lipinski definition) is 4. The summed E-state index contributed by atoms with van der Waals surface area (Å²) >= 11 is 13.7. The molecule has 1 amide bonds. The van der Waals surface area contributed by atoms with Gasteiger partial charge in [0, 0.05) is 5.02 Å². The molecular formula is C13H9Cl2IN2O3. The molecule has 5 nitrogen and oxygen atoms in total. The quantitative estimate of drug-likeness (QED) is 0.439. The highest BCUT2D eigenvalue weighted by Crippen LogP contribution is 2.27. The molecule has 1 aromatic carbocycles. The molecule has 0 spiro atoms. The van der Waals surface area contributed by atoms with Gasteiger partial charge in [0.15, 0.2) is 10.4 Å². The molecule has 2 rings (SSSR count). The molecule has 0 radical (unpaired) electrons. The van der Waals surface area contributed by atoms with Gasteiger partial charge in [-0.2, -0.15) is 5.10 Å². The first kappa shape index (κ1) is 16.1. The summed E-state index contributed by atoms with van der Waals surface area (Å²) in [5.41, 5.74) is 2.32. The molecule has 1 heterocycles. The lowest BCUT2D eigenvalue weighted by Crippen LogP contribution is -2.24. The Hall–Kier alpha value is -1.25. The number of carbonyl (C=O) groups is 1. The van der Waals surface area contributed by atoms with Gasteiger partial charge in [0.1, 0.15) is 11.5 Å². The third-order valence-corrected chi connectivity index (χ3v) is 3.34. The molecule has 21 heavy (non-hydrogen) atoms. The number of carbonyl (C=O) groups excluding carboxylic acids is 1. The van der Waals surface area contributed by atoms with Crippen LogP contribution >= 0.6 is 45.8 Å². The Morgan fingerprint density at radius 1 is 1.38 bits per heavy atom. The van der Waals surface area contributed by atoms with Crippen LogP contribution in [0.15, 0.2) is 39.9 Å². The summed E-state index contributed by atoms with van der Waals surface area (Å²) in [6, 6.07) is 8.27. The summed E-state index contributed by atoms with van der Waals surface area (Å²) in [6.07, 6.45) is 1.40. The molecule has 0 saturated heterocycles. The third kappa shape index (κ3) is 5.22. The first-order valence-corrected chi connectivity index (χ1v) is 7.53. The Morgan fingerprint density at radius 3 is 2.86 bits per heavy atom. The van der Waals surface area contributed by atoms with E-state index in [1.807, 2.05) is 22.6 Å². The average Bonchev–Trinajstić information content (AvgIpc) is 2.83. The number of benzene rings is 1. The van der Waals surface area contributed by atoms with Gasteiger partial charge in [-0.05, 0) is 52.9 Å². The molecule has 2 aromatic rings. The Bertz CT molecular complexity index is 673. The second-order valence-corrected chi connectivity index (χ2v) is 5.71. The molecular weight excluding hydrogens is 430 g/mol. The second-order valence-electron chi connectivity index (χ2n) is 3.80. The molecule has 1 aromatic heterocycles. The van der Waals surface area contributed by atoms with E-state index < -0.39 is 5.91 Å². The number of nitrogens with one attached hydrogen (secondary N) is 1. The summed E-state index contributed by atoms with van der Waals surface area (Å²) in [5.74, 6) is 0.501. The molecule has 0 atom stereocenters. The van der Waals surface area contributed by atoms with Crippen molar-refractivity contribution in [1.82, 2.24) is 5.43 Å². The van der Waals surface area contributed by atoms with Crippen LogP contribution in [0.5, 0.6) is 5.75 Å². The average molecular weight is 439 g/mol. The molecule has 0 aliphatic rings. The Balaban J connectivity index is 1.81. The standard InChI is InChI=1S/C13H9Cl2IN2O3/c14-8-1-3-11(10(15)5-8)20-7-13(19)18-17-6-9-2-4-12(16)21-9/h1-6H,7H2,(H,18,19). The number of rotatable bonds is 5. The number of hydrazone groups is 1. The fraction of sp³-hybridized carbons (Fsp3) is 0.0769. The molecule has 1 N–H and O–H groups in total. The van der Waals surface area contributed by atoms with Crippen LogP contribution < -0.4 is 10.2 Å². The zero-order valence-electron chi connectivity index (χ0n) is 10.5. The van der Waals surface area contributed by atoms with Crippen molar-refractivity contribution in [2.24, 2.45) is 5.10 Å². The van der Waals surface area contributed by atoms with Crippen LogP contribution in [0.25, 0.3) is 0 Å². The number of nitrogens with zero attached hydrogens (tertiary/aromatic N) is 1. The third-order valence-electron chi connectivity index (χ3n) is 2.23. The van der Waals surface area contributed by atoms with Gasteiger partial charge in [0.2, 0.25) is 0 Å². The summed E-state index contributed by atoms with van der Waals surface area (Å²) < 4.78 is 11.2. The number of amides is 1. The summed E-state index contributed by atoms with van der Waals surface area (Å²) in [6.45, 7) is -0.214. The molecule has 0 saturated carbocycles. The molecule has 0 bridgehead atoms. The van der Waals surface area contributed by atoms with Crippen LogP contribution in [0.1, 0.15) is 5.76 Å². The minimum atomic E-state index is -0.418. The van der Waals surface area contributed by atoms with Crippen molar-refractivity contribution in [3.05, 3.63) is 49.9 Å². The van der Waals surface area contributed by atoms with Crippen molar-refractivity contribution in [2.75, 3.05) is 6.61 Å². The van der Waals surface area contributed by atoms with Gasteiger partial charge in [-0.15, -0.1) is 0 Å². The first-order valence-electron chi connectivity index (χ1n) is 5.69. The van der Waals surface area contributed by atoms with E-state index in [2.05, 4.69) is 10.5 Å². The van der Waals surface area contributed by atoms with Gasteiger partial charge in [0.25, 0.3) is 5.91 Å². The zero-order valence-corrected chi connectivity index (χ0v) is 14.1. The number of hydrogen-bond donors (Lipinski definition) is 1. The van der Waals surface area contributed by atoms with Crippen LogP contribution in [0, 0.1) is 3.77 Å². The smallest absolute Gasteiger partial charge is 0.277 e. The molecule has 8 heteroatoms. The highest BCUT2D eigenvalue weighted by molar-refractivity contribution is 14.1. The van der Waals surface area contributed by atoms with Gasteiger partial charge < -0.3 is 9.15 Å². The van der Waals surface area contributed by atoms with Crippen molar-refractivity contribution in [3.63, 3.8) is 0 Å². The van der Waals surface area contributed by atoms with E-state index in [0.717, 1.165) is 3.77 Å². The van der Waals surface area contributed by atoms with E-state index >= 15 is 0 Å². The predicted octanol–water partition coefficient (Wildman–Crippen LogP) is 3.72. The van der Waals surface area contributed by atoms with Crippen LogP contribution in [-0.4, -0.2) is 18.7 Å². The molecule has 0 aliphatic carbocycles. The van der Waals surface area contributed by atoms with Crippen molar-refractivity contribution in [2.45, 2.75) is 0 Å². The highest BCUT2D eigenvalue weighted by atomic mass is 127. The van der Waals surface area contributed by atoms with Gasteiger partial charge in [-0.1, -0.05) is 23.2 Å². The van der Waals surface area contributed by atoms with Gasteiger partial charge >= 0.3 is 0 Å². The Kier molecular flexibility index (Phi) is 5.89. The van der Waals surface area contributed by atoms with Crippen molar-refractivity contribution < 1.29 is 13.9 Å². The lowest BCUT2D eigenvalue weighted by Gasteiger charge is -2.06. The summed E-state index contributed by atoms with van der Waals surface area (Å²) in [4.78, 5) is 11.5. The van der Waals surface area contributed by atoms with Crippen LogP contribution in [0.3, 0.4) is 0 Å². The van der Waals surface area contributed by atoms with Crippen molar-refractivity contribution in [1.29, 1.82) is 0 Å². The topological polar surface area (TPSA) is 63.8 Å². The van der Waals surface area contributed by atoms with Crippen molar-refractivity contribution in [3.8, 4) is 5.75 Å².